The number of pyridine rings is 1. The second kappa shape index (κ2) is 7.49. The summed E-state index contributed by atoms with van der Waals surface area (Å²) in [4.78, 5) is 8.18. The number of hydrogen-bond acceptors (Lipinski definition) is 3. The van der Waals surface area contributed by atoms with Gasteiger partial charge < -0.3 is 0 Å². The molecule has 22 heavy (non-hydrogen) atoms. The molecule has 1 aromatic carbocycles. The van der Waals surface area contributed by atoms with E-state index in [1.54, 1.807) is 0 Å². The predicted octanol–water partition coefficient (Wildman–Crippen LogP) is 4.28. The first kappa shape index (κ1) is 15.9. The molecule has 1 aromatic heterocycles. The van der Waals surface area contributed by atoms with Crippen LogP contribution in [0.15, 0.2) is 41.4 Å². The Morgan fingerprint density at radius 3 is 2.86 bits per heavy atom. The van der Waals surface area contributed by atoms with Crippen LogP contribution >= 0.6 is 23.4 Å². The molecule has 0 amide bonds. The Hall–Kier alpha value is -1.03. The minimum atomic E-state index is 0.489. The van der Waals surface area contributed by atoms with E-state index in [1.807, 2.05) is 18.0 Å². The molecule has 0 spiro atoms. The summed E-state index contributed by atoms with van der Waals surface area (Å²) in [6, 6.07) is 10.9. The van der Waals surface area contributed by atoms with Gasteiger partial charge in [-0.2, -0.15) is 0 Å². The van der Waals surface area contributed by atoms with Gasteiger partial charge in [0.25, 0.3) is 0 Å². The van der Waals surface area contributed by atoms with Gasteiger partial charge in [-0.25, -0.2) is 0 Å². The van der Waals surface area contributed by atoms with Gasteiger partial charge in [0, 0.05) is 36.5 Å². The number of nitrogens with zero attached hydrogens (tertiary/aromatic N) is 2. The summed E-state index contributed by atoms with van der Waals surface area (Å²) in [5.41, 5.74) is 5.23. The molecule has 116 valence electrons. The van der Waals surface area contributed by atoms with Crippen LogP contribution in [-0.2, 0) is 18.8 Å². The second-order valence-corrected chi connectivity index (χ2v) is 7.06. The molecular formula is C18H21ClN2S. The third kappa shape index (κ3) is 3.65. The standard InChI is InChI=1S/C18H21ClN2S/c1-14-17(12-19)20-8-6-18(14)22-11-10-21-9-7-15-4-2-3-5-16(15)13-21/h2-6,8H,7,9-13H2,1H3. The first-order valence-electron chi connectivity index (χ1n) is 7.70. The van der Waals surface area contributed by atoms with Crippen molar-refractivity contribution in [1.82, 2.24) is 9.88 Å². The average Bonchev–Trinajstić information content (AvgIpc) is 2.56. The Kier molecular flexibility index (Phi) is 5.40. The van der Waals surface area contributed by atoms with Crippen molar-refractivity contribution in [3.63, 3.8) is 0 Å². The maximum absolute atomic E-state index is 5.93. The van der Waals surface area contributed by atoms with E-state index >= 15 is 0 Å². The zero-order valence-electron chi connectivity index (χ0n) is 12.9. The highest BCUT2D eigenvalue weighted by Gasteiger charge is 2.15. The van der Waals surface area contributed by atoms with Crippen molar-refractivity contribution in [2.24, 2.45) is 0 Å². The Labute approximate surface area is 141 Å². The van der Waals surface area contributed by atoms with Crippen LogP contribution in [0.4, 0.5) is 0 Å². The third-order valence-electron chi connectivity index (χ3n) is 4.26. The van der Waals surface area contributed by atoms with Crippen LogP contribution in [0.5, 0.6) is 0 Å². The van der Waals surface area contributed by atoms with Crippen molar-refractivity contribution in [2.45, 2.75) is 30.7 Å². The van der Waals surface area contributed by atoms with Gasteiger partial charge in [-0.05, 0) is 36.1 Å². The maximum Gasteiger partial charge on any atom is 0.0650 e. The number of alkyl halides is 1. The van der Waals surface area contributed by atoms with Gasteiger partial charge in [0.05, 0.1) is 11.6 Å². The van der Waals surface area contributed by atoms with Gasteiger partial charge >= 0.3 is 0 Å². The molecule has 3 rings (SSSR count). The van der Waals surface area contributed by atoms with Gasteiger partial charge in [-0.15, -0.1) is 23.4 Å². The lowest BCUT2D eigenvalue weighted by molar-refractivity contribution is 0.270. The maximum atomic E-state index is 5.93. The molecule has 0 bridgehead atoms. The number of aromatic nitrogens is 1. The van der Waals surface area contributed by atoms with E-state index in [9.17, 15) is 0 Å². The fourth-order valence-electron chi connectivity index (χ4n) is 2.88. The van der Waals surface area contributed by atoms with Gasteiger partial charge in [-0.1, -0.05) is 24.3 Å². The topological polar surface area (TPSA) is 16.1 Å². The number of halogens is 1. The smallest absolute Gasteiger partial charge is 0.0650 e. The van der Waals surface area contributed by atoms with Crippen LogP contribution in [0.25, 0.3) is 0 Å². The number of benzene rings is 1. The van der Waals surface area contributed by atoms with Crippen molar-refractivity contribution < 1.29 is 0 Å². The number of hydrogen-bond donors (Lipinski definition) is 0. The van der Waals surface area contributed by atoms with E-state index in [4.69, 9.17) is 11.6 Å². The second-order valence-electron chi connectivity index (χ2n) is 5.66. The highest BCUT2D eigenvalue weighted by molar-refractivity contribution is 7.99. The molecule has 1 aliphatic heterocycles. The Balaban J connectivity index is 1.54. The Bertz CT molecular complexity index is 645. The molecule has 0 fully saturated rings. The summed E-state index contributed by atoms with van der Waals surface area (Å²) in [5.74, 6) is 1.60. The van der Waals surface area contributed by atoms with E-state index in [0.717, 1.165) is 24.5 Å². The van der Waals surface area contributed by atoms with Gasteiger partial charge in [0.1, 0.15) is 0 Å². The zero-order valence-corrected chi connectivity index (χ0v) is 14.5. The minimum absolute atomic E-state index is 0.489. The Morgan fingerprint density at radius 2 is 2.05 bits per heavy atom. The molecule has 0 aliphatic carbocycles. The van der Waals surface area contributed by atoms with Crippen molar-refractivity contribution in [1.29, 1.82) is 0 Å². The van der Waals surface area contributed by atoms with Gasteiger partial charge in [0.2, 0.25) is 0 Å². The molecule has 0 saturated carbocycles. The number of rotatable bonds is 5. The van der Waals surface area contributed by atoms with Crippen LogP contribution in [-0.4, -0.2) is 28.7 Å². The fraction of sp³-hybridized carbons (Fsp3) is 0.389. The molecule has 0 unspecified atom stereocenters. The van der Waals surface area contributed by atoms with Crippen molar-refractivity contribution >= 4 is 23.4 Å². The highest BCUT2D eigenvalue weighted by atomic mass is 35.5. The summed E-state index contributed by atoms with van der Waals surface area (Å²) in [7, 11) is 0. The molecule has 1 aliphatic rings. The molecule has 2 nitrogen and oxygen atoms in total. The minimum Gasteiger partial charge on any atom is -0.298 e. The predicted molar refractivity (Wildman–Crippen MR) is 94.7 cm³/mol. The largest absolute Gasteiger partial charge is 0.298 e. The van der Waals surface area contributed by atoms with Crippen molar-refractivity contribution in [2.75, 3.05) is 18.8 Å². The molecular weight excluding hydrogens is 312 g/mol. The number of thioether (sulfide) groups is 1. The van der Waals surface area contributed by atoms with Crippen LogP contribution in [0.2, 0.25) is 0 Å². The zero-order chi connectivity index (χ0) is 15.4. The SMILES string of the molecule is Cc1c(SCCN2CCc3ccccc3C2)ccnc1CCl. The summed E-state index contributed by atoms with van der Waals surface area (Å²) in [5, 5.41) is 0. The van der Waals surface area contributed by atoms with E-state index in [2.05, 4.69) is 47.1 Å². The summed E-state index contributed by atoms with van der Waals surface area (Å²) >= 11 is 7.84. The lowest BCUT2D eigenvalue weighted by Crippen LogP contribution is -2.32. The molecule has 2 heterocycles. The summed E-state index contributed by atoms with van der Waals surface area (Å²) in [6.45, 7) is 5.49. The van der Waals surface area contributed by atoms with Crippen LogP contribution in [0, 0.1) is 6.92 Å². The van der Waals surface area contributed by atoms with E-state index < -0.39 is 0 Å². The molecule has 0 radical (unpaired) electrons. The monoisotopic (exact) mass is 332 g/mol. The lowest BCUT2D eigenvalue weighted by Gasteiger charge is -2.28. The first-order chi connectivity index (χ1) is 10.8. The highest BCUT2D eigenvalue weighted by Crippen LogP contribution is 2.25. The average molecular weight is 333 g/mol. The Morgan fingerprint density at radius 1 is 1.23 bits per heavy atom. The molecule has 4 heteroatoms. The fourth-order valence-corrected chi connectivity index (χ4v) is 4.21. The lowest BCUT2D eigenvalue weighted by atomic mass is 10.0. The quantitative estimate of drug-likeness (QED) is 0.600. The number of fused-ring (bicyclic) bond motifs is 1. The normalized spacial score (nSPS) is 14.8. The molecule has 0 atom stereocenters. The molecule has 0 N–H and O–H groups in total. The van der Waals surface area contributed by atoms with E-state index in [1.165, 1.54) is 34.6 Å². The summed E-state index contributed by atoms with van der Waals surface area (Å²) < 4.78 is 0. The first-order valence-corrected chi connectivity index (χ1v) is 9.22. The van der Waals surface area contributed by atoms with E-state index in [0.29, 0.717) is 5.88 Å². The van der Waals surface area contributed by atoms with Gasteiger partial charge in [-0.3, -0.25) is 9.88 Å². The molecule has 2 aromatic rings. The van der Waals surface area contributed by atoms with Crippen molar-refractivity contribution in [3.8, 4) is 0 Å². The van der Waals surface area contributed by atoms with Crippen LogP contribution in [0.3, 0.4) is 0 Å². The van der Waals surface area contributed by atoms with Crippen LogP contribution < -0.4 is 0 Å². The molecule has 0 saturated heterocycles. The van der Waals surface area contributed by atoms with Crippen molar-refractivity contribution in [3.05, 3.63) is 58.9 Å². The third-order valence-corrected chi connectivity index (χ3v) is 5.65. The van der Waals surface area contributed by atoms with Crippen LogP contribution in [0.1, 0.15) is 22.4 Å². The van der Waals surface area contributed by atoms with E-state index in [-0.39, 0.29) is 0 Å². The summed E-state index contributed by atoms with van der Waals surface area (Å²) in [6.07, 6.45) is 3.04. The van der Waals surface area contributed by atoms with Gasteiger partial charge in [0.15, 0.2) is 0 Å².